The number of carbonyl (C=O) groups is 1. The third kappa shape index (κ3) is 4.42. The molecule has 0 radical (unpaired) electrons. The third-order valence-electron chi connectivity index (χ3n) is 14.0. The van der Waals surface area contributed by atoms with Crippen LogP contribution in [-0.4, -0.2) is 65.9 Å². The van der Waals surface area contributed by atoms with E-state index in [-0.39, 0.29) is 23.5 Å². The smallest absolute Gasteiger partial charge is 0.409 e. The first kappa shape index (κ1) is 28.1. The molecule has 8 atom stereocenters. The number of hydrogen-bond acceptors (Lipinski definition) is 4. The summed E-state index contributed by atoms with van der Waals surface area (Å²) in [6, 6.07) is 17.7. The minimum atomic E-state index is -0.156. The molecule has 5 nitrogen and oxygen atoms in total. The summed E-state index contributed by atoms with van der Waals surface area (Å²) < 4.78 is 6.01. The SMILES string of the molecule is C[C@]12C[C@H](N3CCN(C(=O)OCC4c5ccccc5-c5ccccc54)CC3)CCC1CCC1C2CC[C@@]2(C)C1CC[C@@H]2O. The van der Waals surface area contributed by atoms with Crippen molar-refractivity contribution in [2.75, 3.05) is 32.8 Å². The first-order valence-corrected chi connectivity index (χ1v) is 17.4. The molecule has 43 heavy (non-hydrogen) atoms. The van der Waals surface area contributed by atoms with Gasteiger partial charge in [0.15, 0.2) is 0 Å². The molecule has 5 aliphatic carbocycles. The molecular formula is C38H50N2O3. The summed E-state index contributed by atoms with van der Waals surface area (Å²) in [6.45, 7) is 8.89. The summed E-state index contributed by atoms with van der Waals surface area (Å²) in [6.07, 6.45) is 11.3. The molecule has 8 rings (SSSR count). The predicted molar refractivity (Wildman–Crippen MR) is 170 cm³/mol. The Hall–Kier alpha value is -2.37. The van der Waals surface area contributed by atoms with E-state index in [4.69, 9.17) is 4.74 Å². The summed E-state index contributed by atoms with van der Waals surface area (Å²) >= 11 is 0. The highest BCUT2D eigenvalue weighted by molar-refractivity contribution is 5.79. The molecule has 6 aliphatic rings. The number of rotatable bonds is 3. The van der Waals surface area contributed by atoms with E-state index in [0.29, 0.717) is 18.1 Å². The van der Waals surface area contributed by atoms with Gasteiger partial charge in [0.05, 0.1) is 6.10 Å². The summed E-state index contributed by atoms with van der Waals surface area (Å²) in [5.41, 5.74) is 5.65. The van der Waals surface area contributed by atoms with Crippen molar-refractivity contribution in [2.24, 2.45) is 34.5 Å². The average molecular weight is 583 g/mol. The summed E-state index contributed by atoms with van der Waals surface area (Å²) in [7, 11) is 0. The fourth-order valence-electron chi connectivity index (χ4n) is 11.6. The van der Waals surface area contributed by atoms with Crippen molar-refractivity contribution in [1.29, 1.82) is 0 Å². The number of carbonyl (C=O) groups excluding carboxylic acids is 1. The molecule has 2 aromatic carbocycles. The number of hydrogen-bond donors (Lipinski definition) is 1. The Kier molecular flexibility index (Phi) is 6.95. The lowest BCUT2D eigenvalue weighted by Crippen LogP contribution is -2.58. The fraction of sp³-hybridized carbons (Fsp3) is 0.658. The molecule has 1 aliphatic heterocycles. The highest BCUT2D eigenvalue weighted by atomic mass is 16.6. The van der Waals surface area contributed by atoms with Gasteiger partial charge in [-0.15, -0.1) is 0 Å². The van der Waals surface area contributed by atoms with Gasteiger partial charge in [-0.25, -0.2) is 4.79 Å². The Bertz CT molecular complexity index is 1320. The van der Waals surface area contributed by atoms with Gasteiger partial charge in [-0.3, -0.25) is 4.90 Å². The van der Waals surface area contributed by atoms with Crippen molar-refractivity contribution in [3.63, 3.8) is 0 Å². The van der Waals surface area contributed by atoms with Crippen LogP contribution in [0.3, 0.4) is 0 Å². The average Bonchev–Trinajstić information content (AvgIpc) is 3.52. The number of aliphatic hydroxyl groups excluding tert-OH is 1. The quantitative estimate of drug-likeness (QED) is 0.412. The summed E-state index contributed by atoms with van der Waals surface area (Å²) in [5, 5.41) is 10.9. The van der Waals surface area contributed by atoms with E-state index in [1.807, 2.05) is 4.90 Å². The summed E-state index contributed by atoms with van der Waals surface area (Å²) in [4.78, 5) is 17.9. The zero-order valence-corrected chi connectivity index (χ0v) is 26.2. The zero-order chi connectivity index (χ0) is 29.3. The maximum atomic E-state index is 13.3. The number of piperazine rings is 1. The van der Waals surface area contributed by atoms with Crippen molar-refractivity contribution in [2.45, 2.75) is 89.7 Å². The van der Waals surface area contributed by atoms with Gasteiger partial charge in [-0.05, 0) is 115 Å². The molecule has 230 valence electrons. The largest absolute Gasteiger partial charge is 0.448 e. The monoisotopic (exact) mass is 582 g/mol. The first-order chi connectivity index (χ1) is 20.9. The van der Waals surface area contributed by atoms with Crippen LogP contribution >= 0.6 is 0 Å². The Morgan fingerprint density at radius 3 is 2.19 bits per heavy atom. The van der Waals surface area contributed by atoms with E-state index in [1.165, 1.54) is 73.6 Å². The second kappa shape index (κ2) is 10.6. The fourth-order valence-corrected chi connectivity index (χ4v) is 11.6. The standard InChI is InChI=1S/C38H50N2O3/c1-37-18-17-34-31(33(37)15-16-35(37)41)14-12-25-11-13-26(23-38(25,34)2)39-19-21-40(22-20-39)36(42)43-24-32-29-9-5-3-7-27(29)28-8-4-6-10-30(28)32/h3-10,25-26,31-35,41H,11-24H2,1-2H3/t25?,26-,31?,33?,34?,35+,37+,38+/m1/s1. The molecule has 1 amide bonds. The normalized spacial score (nSPS) is 38.9. The molecule has 5 heteroatoms. The van der Waals surface area contributed by atoms with Gasteiger partial charge in [-0.1, -0.05) is 62.4 Å². The highest BCUT2D eigenvalue weighted by Crippen LogP contribution is 2.66. The van der Waals surface area contributed by atoms with Gasteiger partial charge in [0, 0.05) is 38.1 Å². The number of fused-ring (bicyclic) bond motifs is 8. The van der Waals surface area contributed by atoms with E-state index in [9.17, 15) is 9.90 Å². The van der Waals surface area contributed by atoms with Gasteiger partial charge in [0.1, 0.15) is 6.61 Å². The Labute approximate surface area is 258 Å². The van der Waals surface area contributed by atoms with E-state index < -0.39 is 0 Å². The predicted octanol–water partition coefficient (Wildman–Crippen LogP) is 7.33. The van der Waals surface area contributed by atoms with Crippen LogP contribution in [0.15, 0.2) is 48.5 Å². The summed E-state index contributed by atoms with van der Waals surface area (Å²) in [5.74, 6) is 3.32. The van der Waals surface area contributed by atoms with E-state index in [2.05, 4.69) is 67.3 Å². The molecule has 4 unspecified atom stereocenters. The molecular weight excluding hydrogens is 532 g/mol. The molecule has 0 bridgehead atoms. The van der Waals surface area contributed by atoms with Crippen molar-refractivity contribution in [1.82, 2.24) is 9.80 Å². The lowest BCUT2D eigenvalue weighted by molar-refractivity contribution is -0.132. The van der Waals surface area contributed by atoms with Crippen molar-refractivity contribution in [3.8, 4) is 11.1 Å². The van der Waals surface area contributed by atoms with Crippen molar-refractivity contribution < 1.29 is 14.6 Å². The van der Waals surface area contributed by atoms with E-state index in [0.717, 1.165) is 56.3 Å². The van der Waals surface area contributed by atoms with Crippen LogP contribution in [0.1, 0.15) is 88.7 Å². The van der Waals surface area contributed by atoms with Gasteiger partial charge in [0.2, 0.25) is 0 Å². The number of nitrogens with zero attached hydrogens (tertiary/aromatic N) is 2. The zero-order valence-electron chi connectivity index (χ0n) is 26.2. The first-order valence-electron chi connectivity index (χ1n) is 17.4. The van der Waals surface area contributed by atoms with E-state index in [1.54, 1.807) is 0 Å². The van der Waals surface area contributed by atoms with Crippen LogP contribution in [0.2, 0.25) is 0 Å². The topological polar surface area (TPSA) is 53.0 Å². The van der Waals surface area contributed by atoms with E-state index >= 15 is 0 Å². The minimum absolute atomic E-state index is 0.0872. The third-order valence-corrected chi connectivity index (χ3v) is 14.0. The van der Waals surface area contributed by atoms with Crippen LogP contribution in [0, 0.1) is 34.5 Å². The minimum Gasteiger partial charge on any atom is -0.448 e. The Balaban J connectivity index is 0.886. The van der Waals surface area contributed by atoms with Crippen molar-refractivity contribution in [3.05, 3.63) is 59.7 Å². The number of ether oxygens (including phenoxy) is 1. The Morgan fingerprint density at radius 2 is 1.47 bits per heavy atom. The molecule has 1 N–H and O–H groups in total. The molecule has 5 fully saturated rings. The number of benzene rings is 2. The lowest BCUT2D eigenvalue weighted by Gasteiger charge is -2.62. The molecule has 2 aromatic rings. The second-order valence-corrected chi connectivity index (χ2v) is 15.6. The van der Waals surface area contributed by atoms with Crippen LogP contribution in [0.25, 0.3) is 11.1 Å². The molecule has 0 aromatic heterocycles. The second-order valence-electron chi connectivity index (χ2n) is 15.6. The number of aliphatic hydroxyl groups is 1. The highest BCUT2D eigenvalue weighted by Gasteiger charge is 2.60. The Morgan fingerprint density at radius 1 is 0.814 bits per heavy atom. The van der Waals surface area contributed by atoms with Crippen LogP contribution in [-0.2, 0) is 4.74 Å². The van der Waals surface area contributed by atoms with Gasteiger partial charge in [0.25, 0.3) is 0 Å². The van der Waals surface area contributed by atoms with Gasteiger partial charge < -0.3 is 14.7 Å². The number of amides is 1. The van der Waals surface area contributed by atoms with Crippen molar-refractivity contribution >= 4 is 6.09 Å². The molecule has 1 saturated heterocycles. The molecule has 1 heterocycles. The maximum Gasteiger partial charge on any atom is 0.409 e. The van der Waals surface area contributed by atoms with Gasteiger partial charge in [-0.2, -0.15) is 0 Å². The van der Waals surface area contributed by atoms with Crippen LogP contribution in [0.4, 0.5) is 4.79 Å². The van der Waals surface area contributed by atoms with Crippen LogP contribution in [0.5, 0.6) is 0 Å². The lowest BCUT2D eigenvalue weighted by atomic mass is 9.45. The van der Waals surface area contributed by atoms with Gasteiger partial charge >= 0.3 is 6.09 Å². The van der Waals surface area contributed by atoms with Crippen LogP contribution < -0.4 is 0 Å². The molecule has 4 saturated carbocycles. The maximum absolute atomic E-state index is 13.3. The molecule has 0 spiro atoms.